The molecule has 3 aliphatic rings. The van der Waals surface area contributed by atoms with Crippen LogP contribution in [-0.4, -0.2) is 62.4 Å². The molecule has 0 aliphatic carbocycles. The summed E-state index contributed by atoms with van der Waals surface area (Å²) in [4.78, 5) is 16.8. The van der Waals surface area contributed by atoms with Gasteiger partial charge in [0.2, 0.25) is 0 Å². The average molecular weight is 500 g/mol. The van der Waals surface area contributed by atoms with E-state index >= 15 is 0 Å². The molecule has 0 saturated carbocycles. The van der Waals surface area contributed by atoms with Crippen molar-refractivity contribution in [1.82, 2.24) is 10.2 Å². The molecule has 6 rings (SSSR count). The first-order valence-corrected chi connectivity index (χ1v) is 13.1. The maximum Gasteiger partial charge on any atom is 0.308 e. The molecular formula is C31H37N3O3. The van der Waals surface area contributed by atoms with Gasteiger partial charge in [0.25, 0.3) is 0 Å². The van der Waals surface area contributed by atoms with Crippen LogP contribution in [0.2, 0.25) is 0 Å². The summed E-state index contributed by atoms with van der Waals surface area (Å²) in [5.41, 5.74) is 4.71. The highest BCUT2D eigenvalue weighted by atomic mass is 16.5. The number of carbonyl (C=O) groups is 1. The number of anilines is 1. The van der Waals surface area contributed by atoms with E-state index in [-0.39, 0.29) is 29.8 Å². The lowest BCUT2D eigenvalue weighted by atomic mass is 9.66. The van der Waals surface area contributed by atoms with Crippen LogP contribution >= 0.6 is 0 Å². The minimum Gasteiger partial charge on any atom is -0.496 e. The minimum atomic E-state index is -0.692. The second kappa shape index (κ2) is 11.0. The third-order valence-corrected chi connectivity index (χ3v) is 8.23. The fraction of sp³-hybridized carbons (Fsp3) is 0.387. The molecule has 3 fully saturated rings. The molecule has 0 radical (unpaired) electrons. The van der Waals surface area contributed by atoms with Crippen molar-refractivity contribution in [3.05, 3.63) is 95.6 Å². The Morgan fingerprint density at radius 1 is 1.05 bits per heavy atom. The number of rotatable bonds is 9. The van der Waals surface area contributed by atoms with E-state index in [2.05, 4.69) is 87.9 Å². The van der Waals surface area contributed by atoms with Crippen LogP contribution in [0.3, 0.4) is 0 Å². The predicted octanol–water partition coefficient (Wildman–Crippen LogP) is 4.46. The van der Waals surface area contributed by atoms with Crippen LogP contribution in [0.4, 0.5) is 5.69 Å². The zero-order valence-corrected chi connectivity index (χ0v) is 21.9. The van der Waals surface area contributed by atoms with Crippen molar-refractivity contribution in [2.75, 3.05) is 39.2 Å². The fourth-order valence-corrected chi connectivity index (χ4v) is 6.44. The Labute approximate surface area is 219 Å². The number of nitrogens with zero attached hydrogens (tertiary/aromatic N) is 2. The van der Waals surface area contributed by atoms with Crippen molar-refractivity contribution in [3.8, 4) is 5.75 Å². The van der Waals surface area contributed by atoms with Gasteiger partial charge >= 0.3 is 5.97 Å². The van der Waals surface area contributed by atoms with Crippen LogP contribution in [-0.2, 0) is 11.3 Å². The van der Waals surface area contributed by atoms with Crippen molar-refractivity contribution in [2.45, 2.75) is 31.0 Å². The molecule has 3 aromatic carbocycles. The van der Waals surface area contributed by atoms with Gasteiger partial charge in [0.1, 0.15) is 5.75 Å². The van der Waals surface area contributed by atoms with Crippen LogP contribution in [0.1, 0.15) is 29.0 Å². The lowest BCUT2D eigenvalue weighted by Gasteiger charge is -2.56. The van der Waals surface area contributed by atoms with Gasteiger partial charge in [0, 0.05) is 56.4 Å². The number of carboxylic acids is 1. The number of hydrogen-bond acceptors (Lipinski definition) is 5. The standard InChI is InChI=1S/C31H37N3O3/c1-33(2)24-14-15-27(37-3)23(18-24)19-32-29-25-16-17-34(20-26(25)31(35)36)30(29)28(21-10-6-4-7-11-21)22-12-8-5-9-13-22/h4-15,18,25-26,28-30,32H,16-17,19-20H2,1-3H3,(H,35,36)/t25-,26+,29+,30+/m1/s1. The molecule has 194 valence electrons. The van der Waals surface area contributed by atoms with Gasteiger partial charge in [-0.05, 0) is 48.2 Å². The Morgan fingerprint density at radius 2 is 1.70 bits per heavy atom. The summed E-state index contributed by atoms with van der Waals surface area (Å²) in [7, 11) is 5.76. The van der Waals surface area contributed by atoms with E-state index in [1.165, 1.54) is 11.1 Å². The molecule has 2 N–H and O–H groups in total. The van der Waals surface area contributed by atoms with E-state index in [1.807, 2.05) is 20.2 Å². The van der Waals surface area contributed by atoms with E-state index < -0.39 is 5.97 Å². The molecule has 5 atom stereocenters. The molecule has 37 heavy (non-hydrogen) atoms. The predicted molar refractivity (Wildman–Crippen MR) is 147 cm³/mol. The molecular weight excluding hydrogens is 462 g/mol. The van der Waals surface area contributed by atoms with Gasteiger partial charge in [-0.1, -0.05) is 60.7 Å². The smallest absolute Gasteiger partial charge is 0.308 e. The minimum absolute atomic E-state index is 0.0155. The molecule has 2 bridgehead atoms. The molecule has 3 aromatic rings. The monoisotopic (exact) mass is 499 g/mol. The number of carboxylic acid groups (broad SMARTS) is 1. The second-order valence-corrected chi connectivity index (χ2v) is 10.5. The van der Waals surface area contributed by atoms with Crippen LogP contribution < -0.4 is 15.0 Å². The Bertz CT molecular complexity index is 1160. The van der Waals surface area contributed by atoms with Crippen molar-refractivity contribution in [1.29, 1.82) is 0 Å². The van der Waals surface area contributed by atoms with Gasteiger partial charge in [-0.15, -0.1) is 0 Å². The first-order chi connectivity index (χ1) is 18.0. The maximum atomic E-state index is 12.3. The highest BCUT2D eigenvalue weighted by Crippen LogP contribution is 2.44. The zero-order valence-electron chi connectivity index (χ0n) is 21.9. The summed E-state index contributed by atoms with van der Waals surface area (Å²) >= 11 is 0. The number of ether oxygens (including phenoxy) is 1. The van der Waals surface area contributed by atoms with Crippen LogP contribution in [0, 0.1) is 11.8 Å². The Hall–Kier alpha value is -3.35. The van der Waals surface area contributed by atoms with E-state index in [0.717, 1.165) is 30.0 Å². The Morgan fingerprint density at radius 3 is 2.27 bits per heavy atom. The molecule has 6 nitrogen and oxygen atoms in total. The topological polar surface area (TPSA) is 65.0 Å². The number of fused-ring (bicyclic) bond motifs is 3. The number of methoxy groups -OCH3 is 1. The quantitative estimate of drug-likeness (QED) is 0.453. The summed E-state index contributed by atoms with van der Waals surface area (Å²) < 4.78 is 5.69. The van der Waals surface area contributed by atoms with E-state index in [1.54, 1.807) is 7.11 Å². The Kier molecular flexibility index (Phi) is 7.49. The molecule has 6 heteroatoms. The van der Waals surface area contributed by atoms with E-state index in [4.69, 9.17) is 4.74 Å². The molecule has 3 heterocycles. The number of benzene rings is 3. The van der Waals surface area contributed by atoms with Gasteiger partial charge in [0.05, 0.1) is 13.0 Å². The molecule has 1 unspecified atom stereocenters. The summed E-state index contributed by atoms with van der Waals surface area (Å²) in [6.45, 7) is 2.13. The Balaban J connectivity index is 1.54. The summed E-state index contributed by atoms with van der Waals surface area (Å²) in [6.07, 6.45) is 0.885. The maximum absolute atomic E-state index is 12.3. The molecule has 0 spiro atoms. The highest BCUT2D eigenvalue weighted by Gasteiger charge is 2.52. The van der Waals surface area contributed by atoms with Gasteiger partial charge in [-0.3, -0.25) is 9.69 Å². The van der Waals surface area contributed by atoms with Crippen LogP contribution in [0.25, 0.3) is 0 Å². The van der Waals surface area contributed by atoms with Gasteiger partial charge in [-0.2, -0.15) is 0 Å². The summed E-state index contributed by atoms with van der Waals surface area (Å²) in [5, 5.41) is 14.0. The average Bonchev–Trinajstić information content (AvgIpc) is 2.93. The van der Waals surface area contributed by atoms with Crippen molar-refractivity contribution < 1.29 is 14.6 Å². The molecule has 3 saturated heterocycles. The number of aliphatic carboxylic acids is 1. The normalized spacial score (nSPS) is 24.7. The number of piperidine rings is 3. The van der Waals surface area contributed by atoms with E-state index in [9.17, 15) is 9.90 Å². The lowest BCUT2D eigenvalue weighted by Crippen LogP contribution is -2.68. The van der Waals surface area contributed by atoms with Gasteiger partial charge in [0.15, 0.2) is 0 Å². The SMILES string of the molecule is COc1ccc(N(C)C)cc1CN[C@H]1[C@@H]2CCN(C[C@@H]2C(=O)O)[C@H]1C(c1ccccc1)c1ccccc1. The highest BCUT2D eigenvalue weighted by molar-refractivity contribution is 5.71. The molecule has 3 aliphatic heterocycles. The molecule has 0 aromatic heterocycles. The number of hydrogen-bond donors (Lipinski definition) is 2. The third kappa shape index (κ3) is 5.09. The summed E-state index contributed by atoms with van der Waals surface area (Å²) in [5.74, 6) is -0.0286. The first-order valence-electron chi connectivity index (χ1n) is 13.1. The van der Waals surface area contributed by atoms with Crippen molar-refractivity contribution in [2.24, 2.45) is 11.8 Å². The van der Waals surface area contributed by atoms with Gasteiger partial charge < -0.3 is 20.1 Å². The lowest BCUT2D eigenvalue weighted by molar-refractivity contribution is -0.152. The van der Waals surface area contributed by atoms with Gasteiger partial charge in [-0.25, -0.2) is 0 Å². The molecule has 0 amide bonds. The van der Waals surface area contributed by atoms with Crippen molar-refractivity contribution in [3.63, 3.8) is 0 Å². The third-order valence-electron chi connectivity index (χ3n) is 8.23. The van der Waals surface area contributed by atoms with E-state index in [0.29, 0.717) is 13.1 Å². The summed E-state index contributed by atoms with van der Waals surface area (Å²) in [6, 6.07) is 27.7. The fourth-order valence-electron chi connectivity index (χ4n) is 6.44. The second-order valence-electron chi connectivity index (χ2n) is 10.5. The van der Waals surface area contributed by atoms with Crippen LogP contribution in [0.15, 0.2) is 78.9 Å². The largest absolute Gasteiger partial charge is 0.496 e. The number of nitrogens with one attached hydrogen (secondary N) is 1. The zero-order chi connectivity index (χ0) is 25.9. The van der Waals surface area contributed by atoms with Crippen molar-refractivity contribution >= 4 is 11.7 Å². The van der Waals surface area contributed by atoms with Crippen LogP contribution in [0.5, 0.6) is 5.75 Å². The first kappa shape index (κ1) is 25.3.